The molecule has 3 N–H and O–H groups in total. The number of carbonyl (C=O) groups is 1. The Morgan fingerprint density at radius 1 is 1.34 bits per heavy atom. The SMILES string of the molecule is Cc1cc(C2NC(C(=O)Nc3cc4cn(C)nc4cc3N3CCCC(O)C3)=CO2)ccn1. The predicted octanol–water partition coefficient (Wildman–Crippen LogP) is 2.34. The maximum atomic E-state index is 13.1. The minimum atomic E-state index is -0.435. The molecule has 9 nitrogen and oxygen atoms in total. The zero-order valence-corrected chi connectivity index (χ0v) is 18.1. The van der Waals surface area contributed by atoms with E-state index in [0.717, 1.165) is 47.2 Å². The molecule has 2 aliphatic rings. The second-order valence-electron chi connectivity index (χ2n) is 8.35. The van der Waals surface area contributed by atoms with Crippen molar-refractivity contribution in [2.75, 3.05) is 23.3 Å². The third kappa shape index (κ3) is 3.99. The number of β-amino-alcohol motifs (C(OH)–C–C–N with tert-alkyl or cyclic N) is 1. The molecule has 2 unspecified atom stereocenters. The quantitative estimate of drug-likeness (QED) is 0.579. The third-order valence-electron chi connectivity index (χ3n) is 5.80. The van der Waals surface area contributed by atoms with Gasteiger partial charge in [0, 0.05) is 49.2 Å². The first-order valence-corrected chi connectivity index (χ1v) is 10.7. The number of carbonyl (C=O) groups excluding carboxylic acids is 1. The molecule has 2 aromatic heterocycles. The molecule has 166 valence electrons. The second kappa shape index (κ2) is 8.16. The fraction of sp³-hybridized carbons (Fsp3) is 0.348. The largest absolute Gasteiger partial charge is 0.472 e. The van der Waals surface area contributed by atoms with E-state index in [9.17, 15) is 9.90 Å². The van der Waals surface area contributed by atoms with Gasteiger partial charge in [0.1, 0.15) is 12.0 Å². The van der Waals surface area contributed by atoms with Gasteiger partial charge in [0.05, 0.1) is 23.0 Å². The van der Waals surface area contributed by atoms with Crippen molar-refractivity contribution in [3.63, 3.8) is 0 Å². The first kappa shape index (κ1) is 20.3. The van der Waals surface area contributed by atoms with Crippen LogP contribution in [0.25, 0.3) is 10.9 Å². The number of pyridine rings is 1. The maximum Gasteiger partial charge on any atom is 0.275 e. The number of anilines is 2. The molecule has 1 aromatic carbocycles. The van der Waals surface area contributed by atoms with Crippen LogP contribution in [0.2, 0.25) is 0 Å². The van der Waals surface area contributed by atoms with Gasteiger partial charge in [0.25, 0.3) is 5.91 Å². The summed E-state index contributed by atoms with van der Waals surface area (Å²) in [4.78, 5) is 19.4. The zero-order valence-electron chi connectivity index (χ0n) is 18.1. The van der Waals surface area contributed by atoms with Gasteiger partial charge in [-0.1, -0.05) is 0 Å². The molecule has 2 atom stereocenters. The number of piperidine rings is 1. The summed E-state index contributed by atoms with van der Waals surface area (Å²) in [6.07, 6.45) is 5.94. The van der Waals surface area contributed by atoms with Crippen LogP contribution in [0.15, 0.2) is 48.6 Å². The lowest BCUT2D eigenvalue weighted by Gasteiger charge is -2.33. The molecule has 1 amide bonds. The highest BCUT2D eigenvalue weighted by Crippen LogP contribution is 2.33. The van der Waals surface area contributed by atoms with Crippen molar-refractivity contribution in [3.05, 3.63) is 59.9 Å². The van der Waals surface area contributed by atoms with Crippen LogP contribution < -0.4 is 15.5 Å². The molecule has 1 saturated heterocycles. The van der Waals surface area contributed by atoms with E-state index in [2.05, 4.69) is 25.6 Å². The summed E-state index contributed by atoms with van der Waals surface area (Å²) in [5.74, 6) is -0.291. The molecule has 0 bridgehead atoms. The normalized spacial score (nSPS) is 20.6. The topological polar surface area (TPSA) is 105 Å². The summed E-state index contributed by atoms with van der Waals surface area (Å²) in [5, 5.41) is 21.8. The lowest BCUT2D eigenvalue weighted by atomic mass is 10.1. The fourth-order valence-electron chi connectivity index (χ4n) is 4.27. The highest BCUT2D eigenvalue weighted by atomic mass is 16.5. The van der Waals surface area contributed by atoms with Gasteiger partial charge in [-0.2, -0.15) is 5.10 Å². The summed E-state index contributed by atoms with van der Waals surface area (Å²) in [7, 11) is 1.87. The number of fused-ring (bicyclic) bond motifs is 1. The van der Waals surface area contributed by atoms with Gasteiger partial charge in [-0.15, -0.1) is 0 Å². The minimum absolute atomic E-state index is 0.291. The van der Waals surface area contributed by atoms with E-state index in [0.29, 0.717) is 17.9 Å². The monoisotopic (exact) mass is 434 g/mol. The molecule has 0 saturated carbocycles. The van der Waals surface area contributed by atoms with E-state index in [-0.39, 0.29) is 12.0 Å². The number of benzene rings is 1. The Hall–Kier alpha value is -3.59. The van der Waals surface area contributed by atoms with Crippen molar-refractivity contribution in [3.8, 4) is 0 Å². The van der Waals surface area contributed by atoms with Gasteiger partial charge in [0.2, 0.25) is 0 Å². The van der Waals surface area contributed by atoms with E-state index in [1.54, 1.807) is 10.9 Å². The molecule has 2 aliphatic heterocycles. The van der Waals surface area contributed by atoms with Gasteiger partial charge in [0.15, 0.2) is 6.23 Å². The molecule has 1 fully saturated rings. The lowest BCUT2D eigenvalue weighted by Crippen LogP contribution is -2.38. The molecule has 0 radical (unpaired) electrons. The fourth-order valence-corrected chi connectivity index (χ4v) is 4.27. The van der Waals surface area contributed by atoms with E-state index in [4.69, 9.17) is 4.74 Å². The molecule has 5 rings (SSSR count). The van der Waals surface area contributed by atoms with Crippen molar-refractivity contribution in [2.24, 2.45) is 7.05 Å². The van der Waals surface area contributed by atoms with Crippen molar-refractivity contribution in [1.82, 2.24) is 20.1 Å². The summed E-state index contributed by atoms with van der Waals surface area (Å²) in [6, 6.07) is 7.67. The molecular weight excluding hydrogens is 408 g/mol. The lowest BCUT2D eigenvalue weighted by molar-refractivity contribution is -0.113. The molecule has 4 heterocycles. The third-order valence-corrected chi connectivity index (χ3v) is 5.80. The Balaban J connectivity index is 1.39. The second-order valence-corrected chi connectivity index (χ2v) is 8.35. The molecule has 0 aliphatic carbocycles. The van der Waals surface area contributed by atoms with E-state index in [1.165, 1.54) is 6.26 Å². The van der Waals surface area contributed by atoms with E-state index in [1.807, 2.05) is 44.4 Å². The Labute approximate surface area is 185 Å². The maximum absolute atomic E-state index is 13.1. The number of aliphatic hydroxyl groups excluding tert-OH is 1. The number of aryl methyl sites for hydroxylation is 2. The first-order chi connectivity index (χ1) is 15.5. The predicted molar refractivity (Wildman–Crippen MR) is 121 cm³/mol. The van der Waals surface area contributed by atoms with Gasteiger partial charge in [-0.25, -0.2) is 0 Å². The Bertz CT molecular complexity index is 1200. The summed E-state index contributed by atoms with van der Waals surface area (Å²) >= 11 is 0. The van der Waals surface area contributed by atoms with Crippen molar-refractivity contribution < 1.29 is 14.6 Å². The Morgan fingerprint density at radius 2 is 2.22 bits per heavy atom. The van der Waals surface area contributed by atoms with Crippen LogP contribution in [0.5, 0.6) is 0 Å². The van der Waals surface area contributed by atoms with Crippen molar-refractivity contribution >= 4 is 28.2 Å². The number of aromatic nitrogens is 3. The highest BCUT2D eigenvalue weighted by molar-refractivity contribution is 6.06. The van der Waals surface area contributed by atoms with Gasteiger partial charge in [-0.3, -0.25) is 14.5 Å². The number of amides is 1. The molecule has 9 heteroatoms. The zero-order chi connectivity index (χ0) is 22.2. The van der Waals surface area contributed by atoms with Gasteiger partial charge in [-0.05, 0) is 44.0 Å². The number of hydrogen-bond donors (Lipinski definition) is 3. The van der Waals surface area contributed by atoms with Crippen molar-refractivity contribution in [1.29, 1.82) is 0 Å². The number of nitrogens with zero attached hydrogens (tertiary/aromatic N) is 4. The van der Waals surface area contributed by atoms with E-state index >= 15 is 0 Å². The van der Waals surface area contributed by atoms with Crippen LogP contribution in [0.1, 0.15) is 30.3 Å². The van der Waals surface area contributed by atoms with Crippen molar-refractivity contribution in [2.45, 2.75) is 32.1 Å². The number of aliphatic hydroxyl groups is 1. The van der Waals surface area contributed by atoms with Crippen LogP contribution in [-0.2, 0) is 16.6 Å². The smallest absolute Gasteiger partial charge is 0.275 e. The first-order valence-electron chi connectivity index (χ1n) is 10.7. The average molecular weight is 435 g/mol. The van der Waals surface area contributed by atoms with E-state index < -0.39 is 6.23 Å². The summed E-state index contributed by atoms with van der Waals surface area (Å²) in [6.45, 7) is 3.24. The number of rotatable bonds is 4. The molecule has 0 spiro atoms. The minimum Gasteiger partial charge on any atom is -0.472 e. The Kier molecular flexibility index (Phi) is 5.18. The molecular formula is C23H26N6O3. The van der Waals surface area contributed by atoms with Crippen LogP contribution in [0.3, 0.4) is 0 Å². The summed E-state index contributed by atoms with van der Waals surface area (Å²) < 4.78 is 7.43. The summed E-state index contributed by atoms with van der Waals surface area (Å²) in [5.41, 5.74) is 4.50. The molecule has 32 heavy (non-hydrogen) atoms. The number of ether oxygens (including phenoxy) is 1. The van der Waals surface area contributed by atoms with Crippen LogP contribution in [0, 0.1) is 6.92 Å². The number of hydrogen-bond acceptors (Lipinski definition) is 7. The average Bonchev–Trinajstić information content (AvgIpc) is 3.39. The van der Waals surface area contributed by atoms with Crippen LogP contribution in [0.4, 0.5) is 11.4 Å². The van der Waals surface area contributed by atoms with Gasteiger partial charge < -0.3 is 25.4 Å². The Morgan fingerprint density at radius 3 is 3.03 bits per heavy atom. The van der Waals surface area contributed by atoms with Crippen LogP contribution in [-0.4, -0.2) is 45.0 Å². The highest BCUT2D eigenvalue weighted by Gasteiger charge is 2.26. The molecule has 3 aromatic rings. The van der Waals surface area contributed by atoms with Gasteiger partial charge >= 0.3 is 0 Å². The standard InChI is InChI=1S/C23H26N6O3/c1-14-8-15(5-6-24-14)23-26-20(13-32-23)22(31)25-19-9-16-11-28(2)27-18(16)10-21(19)29-7-3-4-17(30)12-29/h5-6,8-11,13,17,23,26,30H,3-4,7,12H2,1-2H3,(H,25,31). The number of nitrogens with one attached hydrogen (secondary N) is 2. The van der Waals surface area contributed by atoms with Crippen LogP contribution >= 0.6 is 0 Å².